The molecule has 0 aliphatic carbocycles. The molecule has 0 unspecified atom stereocenters. The van der Waals surface area contributed by atoms with E-state index >= 15 is 0 Å². The normalized spacial score (nSPS) is 13.6. The van der Waals surface area contributed by atoms with Gasteiger partial charge in [-0.05, 0) is 36.6 Å². The van der Waals surface area contributed by atoms with Gasteiger partial charge in [0.15, 0.2) is 0 Å². The van der Waals surface area contributed by atoms with Crippen LogP contribution in [0.15, 0.2) is 18.2 Å². The molecule has 0 saturated carbocycles. The summed E-state index contributed by atoms with van der Waals surface area (Å²) in [6.07, 6.45) is 2.95. The second-order valence-electron chi connectivity index (χ2n) is 4.15. The standard InChI is InChI=1S/C13H19NO2/c15-7-2-1-6-14-10-11-3-4-13-12(9-11)5-8-16-13/h3-4,9,14-15H,1-2,5-8,10H2. The highest BCUT2D eigenvalue weighted by Gasteiger charge is 2.11. The molecule has 0 aromatic heterocycles. The van der Waals surface area contributed by atoms with Gasteiger partial charge in [-0.3, -0.25) is 0 Å². The lowest BCUT2D eigenvalue weighted by molar-refractivity contribution is 0.283. The highest BCUT2D eigenvalue weighted by Crippen LogP contribution is 2.25. The summed E-state index contributed by atoms with van der Waals surface area (Å²) in [5, 5.41) is 12.0. The van der Waals surface area contributed by atoms with Gasteiger partial charge >= 0.3 is 0 Å². The smallest absolute Gasteiger partial charge is 0.122 e. The first-order valence-electron chi connectivity index (χ1n) is 5.96. The summed E-state index contributed by atoms with van der Waals surface area (Å²) in [4.78, 5) is 0. The van der Waals surface area contributed by atoms with Gasteiger partial charge in [0, 0.05) is 19.6 Å². The van der Waals surface area contributed by atoms with Gasteiger partial charge in [0.1, 0.15) is 5.75 Å². The second kappa shape index (κ2) is 5.87. The number of ether oxygens (including phenoxy) is 1. The predicted molar refractivity (Wildman–Crippen MR) is 63.7 cm³/mol. The van der Waals surface area contributed by atoms with Crippen molar-refractivity contribution >= 4 is 0 Å². The molecule has 0 saturated heterocycles. The topological polar surface area (TPSA) is 41.5 Å². The Labute approximate surface area is 96.4 Å². The molecule has 0 atom stereocenters. The minimum Gasteiger partial charge on any atom is -0.493 e. The van der Waals surface area contributed by atoms with Crippen LogP contribution in [0.3, 0.4) is 0 Å². The quantitative estimate of drug-likeness (QED) is 0.715. The SMILES string of the molecule is OCCCCNCc1ccc2c(c1)CCO2. The van der Waals surface area contributed by atoms with Crippen LogP contribution in [0.25, 0.3) is 0 Å². The summed E-state index contributed by atoms with van der Waals surface area (Å²) in [6, 6.07) is 6.40. The molecule has 3 nitrogen and oxygen atoms in total. The summed E-state index contributed by atoms with van der Waals surface area (Å²) in [5.41, 5.74) is 2.64. The highest BCUT2D eigenvalue weighted by atomic mass is 16.5. The van der Waals surface area contributed by atoms with Crippen molar-refractivity contribution in [3.05, 3.63) is 29.3 Å². The molecular weight excluding hydrogens is 202 g/mol. The van der Waals surface area contributed by atoms with E-state index in [0.717, 1.165) is 44.7 Å². The number of aliphatic hydroxyl groups excluding tert-OH is 1. The summed E-state index contributed by atoms with van der Waals surface area (Å²) in [5.74, 6) is 1.05. The molecule has 0 radical (unpaired) electrons. The van der Waals surface area contributed by atoms with Crippen molar-refractivity contribution in [3.63, 3.8) is 0 Å². The number of fused-ring (bicyclic) bond motifs is 1. The van der Waals surface area contributed by atoms with E-state index < -0.39 is 0 Å². The number of hydrogen-bond donors (Lipinski definition) is 2. The third-order valence-electron chi connectivity index (χ3n) is 2.84. The summed E-state index contributed by atoms with van der Waals surface area (Å²) in [7, 11) is 0. The Morgan fingerprint density at radius 3 is 3.12 bits per heavy atom. The Morgan fingerprint density at radius 1 is 1.31 bits per heavy atom. The zero-order chi connectivity index (χ0) is 11.2. The Balaban J connectivity index is 1.77. The fourth-order valence-corrected chi connectivity index (χ4v) is 1.94. The maximum Gasteiger partial charge on any atom is 0.122 e. The van der Waals surface area contributed by atoms with Crippen LogP contribution in [-0.4, -0.2) is 24.9 Å². The van der Waals surface area contributed by atoms with Crippen LogP contribution in [0.4, 0.5) is 0 Å². The third-order valence-corrected chi connectivity index (χ3v) is 2.84. The Hall–Kier alpha value is -1.06. The van der Waals surface area contributed by atoms with Gasteiger partial charge in [-0.25, -0.2) is 0 Å². The van der Waals surface area contributed by atoms with E-state index in [9.17, 15) is 0 Å². The third kappa shape index (κ3) is 2.97. The number of nitrogens with one attached hydrogen (secondary N) is 1. The maximum absolute atomic E-state index is 8.65. The predicted octanol–water partition coefficient (Wildman–Crippen LogP) is 1.48. The molecule has 2 N–H and O–H groups in total. The van der Waals surface area contributed by atoms with Crippen LogP contribution in [0.2, 0.25) is 0 Å². The molecule has 0 bridgehead atoms. The number of hydrogen-bond acceptors (Lipinski definition) is 3. The second-order valence-corrected chi connectivity index (χ2v) is 4.15. The zero-order valence-electron chi connectivity index (χ0n) is 9.54. The average Bonchev–Trinajstić information content (AvgIpc) is 2.76. The van der Waals surface area contributed by atoms with Crippen LogP contribution < -0.4 is 10.1 Å². The fourth-order valence-electron chi connectivity index (χ4n) is 1.94. The molecule has 2 rings (SSSR count). The van der Waals surface area contributed by atoms with E-state index in [1.807, 2.05) is 0 Å². The van der Waals surface area contributed by atoms with E-state index in [1.54, 1.807) is 0 Å². The molecule has 1 aliphatic heterocycles. The Morgan fingerprint density at radius 2 is 2.25 bits per heavy atom. The van der Waals surface area contributed by atoms with Gasteiger partial charge in [0.2, 0.25) is 0 Å². The number of benzene rings is 1. The molecular formula is C13H19NO2. The van der Waals surface area contributed by atoms with Gasteiger partial charge in [0.25, 0.3) is 0 Å². The van der Waals surface area contributed by atoms with Gasteiger partial charge in [-0.2, -0.15) is 0 Å². The highest BCUT2D eigenvalue weighted by molar-refractivity contribution is 5.39. The molecule has 0 fully saturated rings. The minimum atomic E-state index is 0.290. The van der Waals surface area contributed by atoms with Gasteiger partial charge in [0.05, 0.1) is 6.61 Å². The average molecular weight is 221 g/mol. The van der Waals surface area contributed by atoms with Crippen LogP contribution in [-0.2, 0) is 13.0 Å². The van der Waals surface area contributed by atoms with Crippen molar-refractivity contribution in [2.24, 2.45) is 0 Å². The lowest BCUT2D eigenvalue weighted by Crippen LogP contribution is -2.15. The molecule has 1 aliphatic rings. The van der Waals surface area contributed by atoms with Crippen LogP contribution in [0, 0.1) is 0 Å². The molecule has 88 valence electrons. The van der Waals surface area contributed by atoms with Crippen LogP contribution >= 0.6 is 0 Å². The van der Waals surface area contributed by atoms with Gasteiger partial charge in [-0.15, -0.1) is 0 Å². The van der Waals surface area contributed by atoms with Gasteiger partial charge in [-0.1, -0.05) is 12.1 Å². The van der Waals surface area contributed by atoms with Gasteiger partial charge < -0.3 is 15.2 Å². The largest absolute Gasteiger partial charge is 0.493 e. The molecule has 0 amide bonds. The maximum atomic E-state index is 8.65. The molecule has 1 aromatic carbocycles. The lowest BCUT2D eigenvalue weighted by Gasteiger charge is -2.06. The monoisotopic (exact) mass is 221 g/mol. The van der Waals surface area contributed by atoms with E-state index in [2.05, 4.69) is 23.5 Å². The van der Waals surface area contributed by atoms with Crippen molar-refractivity contribution in [1.82, 2.24) is 5.32 Å². The number of rotatable bonds is 6. The van der Waals surface area contributed by atoms with Crippen LogP contribution in [0.5, 0.6) is 5.75 Å². The first kappa shape index (κ1) is 11.4. The Kier molecular flexibility index (Phi) is 4.19. The summed E-state index contributed by atoms with van der Waals surface area (Å²) >= 11 is 0. The zero-order valence-corrected chi connectivity index (χ0v) is 9.54. The minimum absolute atomic E-state index is 0.290. The number of aliphatic hydroxyl groups is 1. The first-order valence-corrected chi connectivity index (χ1v) is 5.96. The summed E-state index contributed by atoms with van der Waals surface area (Å²) < 4.78 is 5.46. The van der Waals surface area contributed by atoms with Crippen molar-refractivity contribution in [1.29, 1.82) is 0 Å². The van der Waals surface area contributed by atoms with E-state index in [4.69, 9.17) is 9.84 Å². The molecule has 1 aromatic rings. The molecule has 1 heterocycles. The first-order chi connectivity index (χ1) is 7.90. The van der Waals surface area contributed by atoms with Crippen LogP contribution in [0.1, 0.15) is 24.0 Å². The van der Waals surface area contributed by atoms with Crippen molar-refractivity contribution in [2.45, 2.75) is 25.8 Å². The Bertz CT molecular complexity index is 339. The lowest BCUT2D eigenvalue weighted by atomic mass is 10.1. The molecule has 0 spiro atoms. The van der Waals surface area contributed by atoms with E-state index in [0.29, 0.717) is 0 Å². The number of unbranched alkanes of at least 4 members (excludes halogenated alkanes) is 1. The van der Waals surface area contributed by atoms with Crippen molar-refractivity contribution in [3.8, 4) is 5.75 Å². The molecule has 16 heavy (non-hydrogen) atoms. The van der Waals surface area contributed by atoms with E-state index in [-0.39, 0.29) is 6.61 Å². The van der Waals surface area contributed by atoms with Crippen molar-refractivity contribution < 1.29 is 9.84 Å². The molecule has 3 heteroatoms. The summed E-state index contributed by atoms with van der Waals surface area (Å²) in [6.45, 7) is 2.98. The van der Waals surface area contributed by atoms with E-state index in [1.165, 1.54) is 11.1 Å². The van der Waals surface area contributed by atoms with Crippen molar-refractivity contribution in [2.75, 3.05) is 19.8 Å². The fraction of sp³-hybridized carbons (Fsp3) is 0.538.